The molecule has 1 aliphatic carbocycles. The Hall–Kier alpha value is -2.16. The van der Waals surface area contributed by atoms with E-state index < -0.39 is 0 Å². The molecule has 0 saturated heterocycles. The van der Waals surface area contributed by atoms with Gasteiger partial charge < -0.3 is 0 Å². The van der Waals surface area contributed by atoms with E-state index in [9.17, 15) is 0 Å². The molecule has 0 fully saturated rings. The van der Waals surface area contributed by atoms with Crippen molar-refractivity contribution in [2.45, 2.75) is 32.4 Å². The zero-order valence-corrected chi connectivity index (χ0v) is 17.6. The van der Waals surface area contributed by atoms with Gasteiger partial charge in [-0.3, -0.25) is 0 Å². The SMILES string of the molecule is C=C/C=C(\[CH]=[V+2])[C@H]1N=C(c2ccccc2)N[C@@]1(C)C1=CC(C)(C)C=CC=C1. The zero-order valence-electron chi connectivity index (χ0n) is 16.2. The molecular weight excluding hydrogens is 367 g/mol. The second-order valence-electron chi connectivity index (χ2n) is 7.74. The molecule has 0 bridgehead atoms. The van der Waals surface area contributed by atoms with E-state index >= 15 is 0 Å². The normalized spacial score (nSPS) is 26.7. The summed E-state index contributed by atoms with van der Waals surface area (Å²) in [4.78, 5) is 5.11. The number of nitrogens with one attached hydrogen (secondary N) is 1. The molecule has 2 atom stereocenters. The van der Waals surface area contributed by atoms with Crippen molar-refractivity contribution in [3.63, 3.8) is 0 Å². The van der Waals surface area contributed by atoms with Crippen molar-refractivity contribution in [2.24, 2.45) is 10.4 Å². The van der Waals surface area contributed by atoms with Crippen LogP contribution in [0.4, 0.5) is 0 Å². The number of rotatable bonds is 5. The molecule has 135 valence electrons. The summed E-state index contributed by atoms with van der Waals surface area (Å²) in [6.07, 6.45) is 14.9. The van der Waals surface area contributed by atoms with E-state index in [4.69, 9.17) is 4.99 Å². The Bertz CT molecular complexity index is 884. The number of nitrogens with zero attached hydrogens (tertiary/aromatic N) is 1. The van der Waals surface area contributed by atoms with Crippen molar-refractivity contribution >= 4 is 10.6 Å². The first-order valence-corrected chi connectivity index (χ1v) is 10.0. The molecule has 3 heteroatoms. The van der Waals surface area contributed by atoms with Crippen molar-refractivity contribution in [1.82, 2.24) is 5.32 Å². The van der Waals surface area contributed by atoms with Crippen LogP contribution in [0.5, 0.6) is 0 Å². The van der Waals surface area contributed by atoms with Crippen molar-refractivity contribution in [3.05, 3.63) is 96.2 Å². The molecule has 1 heterocycles. The number of amidine groups is 1. The van der Waals surface area contributed by atoms with E-state index in [0.29, 0.717) is 0 Å². The van der Waals surface area contributed by atoms with Crippen molar-refractivity contribution in [1.29, 1.82) is 0 Å². The Kier molecular flexibility index (Phi) is 5.69. The monoisotopic (exact) mass is 393 g/mol. The van der Waals surface area contributed by atoms with Gasteiger partial charge in [0.25, 0.3) is 0 Å². The Morgan fingerprint density at radius 2 is 1.93 bits per heavy atom. The van der Waals surface area contributed by atoms with Crippen molar-refractivity contribution in [2.75, 3.05) is 0 Å². The van der Waals surface area contributed by atoms with E-state index in [0.717, 1.165) is 17.0 Å². The van der Waals surface area contributed by atoms with Gasteiger partial charge in [-0.2, -0.15) is 0 Å². The van der Waals surface area contributed by atoms with Gasteiger partial charge in [-0.05, 0) is 0 Å². The molecular formula is C24H26N2V+2. The molecule has 0 saturated carbocycles. The van der Waals surface area contributed by atoms with E-state index in [-0.39, 0.29) is 17.0 Å². The van der Waals surface area contributed by atoms with Gasteiger partial charge in [0.1, 0.15) is 0 Å². The predicted molar refractivity (Wildman–Crippen MR) is 113 cm³/mol. The van der Waals surface area contributed by atoms with Crippen molar-refractivity contribution in [3.8, 4) is 0 Å². The third-order valence-corrected chi connectivity index (χ3v) is 5.51. The van der Waals surface area contributed by atoms with Crippen LogP contribution >= 0.6 is 0 Å². The first-order chi connectivity index (χ1) is 12.9. The number of hydrogen-bond donors (Lipinski definition) is 1. The summed E-state index contributed by atoms with van der Waals surface area (Å²) in [6, 6.07) is 10.3. The van der Waals surface area contributed by atoms with Crippen LogP contribution in [0.15, 0.2) is 95.6 Å². The minimum atomic E-state index is -0.351. The Morgan fingerprint density at radius 3 is 2.59 bits per heavy atom. The van der Waals surface area contributed by atoms with Gasteiger partial charge in [0.2, 0.25) is 0 Å². The molecule has 1 aliphatic heterocycles. The molecule has 0 amide bonds. The molecule has 2 aliphatic rings. The fraction of sp³-hybridized carbons (Fsp3) is 0.250. The minimum absolute atomic E-state index is 0.0160. The summed E-state index contributed by atoms with van der Waals surface area (Å²) in [5, 5.41) is 3.74. The van der Waals surface area contributed by atoms with Gasteiger partial charge in [-0.15, -0.1) is 0 Å². The summed E-state index contributed by atoms with van der Waals surface area (Å²) in [6.45, 7) is 10.6. The zero-order chi connectivity index (χ0) is 19.5. The molecule has 1 N–H and O–H groups in total. The van der Waals surface area contributed by atoms with Gasteiger partial charge >= 0.3 is 172 Å². The van der Waals surface area contributed by atoms with E-state index in [2.05, 4.69) is 96.9 Å². The van der Waals surface area contributed by atoms with Crippen LogP contribution in [0.2, 0.25) is 0 Å². The Labute approximate surface area is 171 Å². The first-order valence-electron chi connectivity index (χ1n) is 9.20. The van der Waals surface area contributed by atoms with E-state index in [1.165, 1.54) is 5.57 Å². The molecule has 0 spiro atoms. The number of allylic oxidation sites excluding steroid dienone is 6. The Balaban J connectivity index is 2.12. The van der Waals surface area contributed by atoms with E-state index in [1.807, 2.05) is 30.4 Å². The first kappa shape index (κ1) is 19.6. The van der Waals surface area contributed by atoms with Crippen LogP contribution in [-0.2, 0) is 17.0 Å². The average Bonchev–Trinajstić information content (AvgIpc) is 2.90. The van der Waals surface area contributed by atoms with Gasteiger partial charge in [0.15, 0.2) is 0 Å². The summed E-state index contributed by atoms with van der Waals surface area (Å²) >= 11 is 2.55. The molecule has 1 aromatic rings. The van der Waals surface area contributed by atoms with Gasteiger partial charge in [-0.1, -0.05) is 0 Å². The summed E-state index contributed by atoms with van der Waals surface area (Å²) in [7, 11) is 0. The Morgan fingerprint density at radius 1 is 1.19 bits per heavy atom. The van der Waals surface area contributed by atoms with Crippen LogP contribution in [0.1, 0.15) is 26.3 Å². The third kappa shape index (κ3) is 4.07. The molecule has 0 aromatic heterocycles. The van der Waals surface area contributed by atoms with Gasteiger partial charge in [0, 0.05) is 0 Å². The predicted octanol–water partition coefficient (Wildman–Crippen LogP) is 4.70. The quantitative estimate of drug-likeness (QED) is 0.721. The van der Waals surface area contributed by atoms with Gasteiger partial charge in [-0.25, -0.2) is 0 Å². The summed E-state index contributed by atoms with van der Waals surface area (Å²) in [5.74, 6) is 0.928. The van der Waals surface area contributed by atoms with Crippen LogP contribution in [0.3, 0.4) is 0 Å². The topological polar surface area (TPSA) is 24.4 Å². The average molecular weight is 393 g/mol. The van der Waals surface area contributed by atoms with Crippen LogP contribution in [0, 0.1) is 5.41 Å². The number of benzene rings is 1. The summed E-state index contributed by atoms with van der Waals surface area (Å²) < 4.78 is 2.07. The fourth-order valence-electron chi connectivity index (χ4n) is 3.61. The van der Waals surface area contributed by atoms with Crippen molar-refractivity contribution < 1.29 is 17.0 Å². The molecule has 3 rings (SSSR count). The third-order valence-electron chi connectivity index (χ3n) is 5.05. The molecule has 27 heavy (non-hydrogen) atoms. The van der Waals surface area contributed by atoms with Crippen LogP contribution < -0.4 is 5.32 Å². The molecule has 2 nitrogen and oxygen atoms in total. The number of aliphatic imine (C=N–C) groups is 1. The summed E-state index contributed by atoms with van der Waals surface area (Å²) in [5.41, 5.74) is 3.11. The molecule has 0 radical (unpaired) electrons. The molecule has 0 unspecified atom stereocenters. The second kappa shape index (κ2) is 7.84. The van der Waals surface area contributed by atoms with Crippen LogP contribution in [0.25, 0.3) is 0 Å². The fourth-order valence-corrected chi connectivity index (χ4v) is 3.96. The number of hydrogen-bond acceptors (Lipinski definition) is 2. The maximum absolute atomic E-state index is 5.11. The van der Waals surface area contributed by atoms with Crippen LogP contribution in [-0.4, -0.2) is 22.1 Å². The second-order valence-corrected chi connectivity index (χ2v) is 8.15. The standard InChI is InChI=1S/C24H26N2.V/c1-6-12-18(2)21-24(5,20-15-10-11-16-23(3,4)17-20)26-22(25-21)19-13-8-7-9-14-19;/h2,6-17,21H,1H2,3-5H3,(H,25,26);/q;+2/b18-12+;/t21-,24+;/m1./s1. The van der Waals surface area contributed by atoms with E-state index in [1.54, 1.807) is 0 Å². The molecule has 1 aromatic carbocycles. The maximum atomic E-state index is 5.11. The van der Waals surface area contributed by atoms with Gasteiger partial charge in [0.05, 0.1) is 0 Å².